The van der Waals surface area contributed by atoms with Gasteiger partial charge >= 0.3 is 5.97 Å². The van der Waals surface area contributed by atoms with Gasteiger partial charge in [0, 0.05) is 37.2 Å². The van der Waals surface area contributed by atoms with Crippen molar-refractivity contribution in [3.05, 3.63) is 52.3 Å². The second kappa shape index (κ2) is 6.51. The average molecular weight is 290 g/mol. The highest BCUT2D eigenvalue weighted by molar-refractivity contribution is 5.93. The average Bonchev–Trinajstić information content (AvgIpc) is 2.96. The number of rotatable bonds is 7. The quantitative estimate of drug-likeness (QED) is 0.458. The zero-order valence-electron chi connectivity index (χ0n) is 11.1. The van der Waals surface area contributed by atoms with E-state index in [2.05, 4.69) is 10.4 Å². The highest BCUT2D eigenvalue weighted by Gasteiger charge is 2.19. The van der Waals surface area contributed by atoms with Gasteiger partial charge in [-0.1, -0.05) is 0 Å². The van der Waals surface area contributed by atoms with Crippen molar-refractivity contribution in [3.8, 4) is 0 Å². The Kier molecular flexibility index (Phi) is 4.50. The van der Waals surface area contributed by atoms with Crippen LogP contribution in [0.15, 0.2) is 36.7 Å². The lowest BCUT2D eigenvalue weighted by Gasteiger charge is -2.07. The molecule has 21 heavy (non-hydrogen) atoms. The third-order valence-corrected chi connectivity index (χ3v) is 2.88. The van der Waals surface area contributed by atoms with Crippen LogP contribution in [0.4, 0.5) is 11.4 Å². The number of hydrogen-bond acceptors (Lipinski definition) is 5. The first-order valence-corrected chi connectivity index (χ1v) is 6.31. The third-order valence-electron chi connectivity index (χ3n) is 2.88. The molecule has 0 aliphatic carbocycles. The summed E-state index contributed by atoms with van der Waals surface area (Å²) in [5, 5.41) is 26.8. The molecule has 0 bridgehead atoms. The fourth-order valence-electron chi connectivity index (χ4n) is 1.88. The summed E-state index contributed by atoms with van der Waals surface area (Å²) in [6.07, 6.45) is 4.35. The van der Waals surface area contributed by atoms with E-state index in [1.54, 1.807) is 10.9 Å². The number of anilines is 1. The smallest absolute Gasteiger partial charge is 0.342 e. The summed E-state index contributed by atoms with van der Waals surface area (Å²) < 4.78 is 1.79. The molecule has 0 amide bonds. The number of aryl methyl sites for hydroxylation is 1. The first kappa shape index (κ1) is 14.5. The molecule has 1 aromatic carbocycles. The highest BCUT2D eigenvalue weighted by Crippen LogP contribution is 2.22. The van der Waals surface area contributed by atoms with E-state index in [1.165, 1.54) is 18.2 Å². The molecule has 0 fully saturated rings. The van der Waals surface area contributed by atoms with E-state index in [0.717, 1.165) is 13.0 Å². The Balaban J connectivity index is 1.95. The lowest BCUT2D eigenvalue weighted by atomic mass is 10.1. The van der Waals surface area contributed by atoms with E-state index in [-0.39, 0.29) is 5.56 Å². The van der Waals surface area contributed by atoms with Crippen LogP contribution >= 0.6 is 0 Å². The van der Waals surface area contributed by atoms with Crippen LogP contribution in [0.1, 0.15) is 16.8 Å². The summed E-state index contributed by atoms with van der Waals surface area (Å²) in [7, 11) is 0. The van der Waals surface area contributed by atoms with Gasteiger partial charge in [0.25, 0.3) is 5.69 Å². The number of aromatic nitrogens is 2. The molecule has 1 aromatic heterocycles. The molecule has 0 saturated carbocycles. The van der Waals surface area contributed by atoms with Crippen molar-refractivity contribution in [3.63, 3.8) is 0 Å². The molecule has 0 spiro atoms. The van der Waals surface area contributed by atoms with Crippen LogP contribution in [-0.4, -0.2) is 32.3 Å². The molecule has 2 rings (SSSR count). The fourth-order valence-corrected chi connectivity index (χ4v) is 1.88. The Morgan fingerprint density at radius 2 is 2.29 bits per heavy atom. The summed E-state index contributed by atoms with van der Waals surface area (Å²) in [6, 6.07) is 5.80. The van der Waals surface area contributed by atoms with Crippen molar-refractivity contribution in [2.24, 2.45) is 0 Å². The number of aromatic carboxylic acids is 1. The van der Waals surface area contributed by atoms with Crippen molar-refractivity contribution in [1.82, 2.24) is 9.78 Å². The Bertz CT molecular complexity index is 640. The fraction of sp³-hybridized carbons (Fsp3) is 0.231. The number of carboxylic acid groups (broad SMARTS) is 1. The molecule has 0 saturated heterocycles. The van der Waals surface area contributed by atoms with E-state index in [4.69, 9.17) is 5.11 Å². The maximum absolute atomic E-state index is 11.0. The molecule has 0 atom stereocenters. The summed E-state index contributed by atoms with van der Waals surface area (Å²) >= 11 is 0. The molecule has 8 heteroatoms. The van der Waals surface area contributed by atoms with Crippen LogP contribution in [0.25, 0.3) is 0 Å². The van der Waals surface area contributed by atoms with Gasteiger partial charge < -0.3 is 10.4 Å². The second-order valence-electron chi connectivity index (χ2n) is 4.34. The zero-order chi connectivity index (χ0) is 15.2. The van der Waals surface area contributed by atoms with Gasteiger partial charge in [-0.15, -0.1) is 0 Å². The predicted octanol–water partition coefficient (Wildman–Crippen LogP) is 1.99. The molecule has 1 heterocycles. The Hall–Kier alpha value is -2.90. The molecular formula is C13H14N4O4. The third kappa shape index (κ3) is 3.78. The van der Waals surface area contributed by atoms with Crippen LogP contribution in [0.3, 0.4) is 0 Å². The number of nitro benzene ring substituents is 1. The highest BCUT2D eigenvalue weighted by atomic mass is 16.6. The summed E-state index contributed by atoms with van der Waals surface area (Å²) in [6.45, 7) is 1.34. The van der Waals surface area contributed by atoms with Crippen LogP contribution in [0, 0.1) is 10.1 Å². The van der Waals surface area contributed by atoms with Gasteiger partial charge in [0.15, 0.2) is 0 Å². The Morgan fingerprint density at radius 3 is 2.90 bits per heavy atom. The van der Waals surface area contributed by atoms with Gasteiger partial charge in [-0.2, -0.15) is 5.10 Å². The van der Waals surface area contributed by atoms with Crippen LogP contribution in [-0.2, 0) is 6.54 Å². The number of hydrogen-bond donors (Lipinski definition) is 2. The number of benzene rings is 1. The number of carboxylic acids is 1. The number of nitro groups is 1. The molecule has 8 nitrogen and oxygen atoms in total. The lowest BCUT2D eigenvalue weighted by Crippen LogP contribution is -2.08. The van der Waals surface area contributed by atoms with E-state index >= 15 is 0 Å². The molecule has 0 radical (unpaired) electrons. The van der Waals surface area contributed by atoms with E-state index < -0.39 is 16.6 Å². The minimum Gasteiger partial charge on any atom is -0.477 e. The summed E-state index contributed by atoms with van der Waals surface area (Å²) in [5.74, 6) is -1.32. The number of nitrogens with zero attached hydrogens (tertiary/aromatic N) is 3. The normalized spacial score (nSPS) is 10.3. The summed E-state index contributed by atoms with van der Waals surface area (Å²) in [4.78, 5) is 21.1. The molecule has 0 unspecified atom stereocenters. The lowest BCUT2D eigenvalue weighted by molar-refractivity contribution is -0.385. The van der Waals surface area contributed by atoms with Gasteiger partial charge in [-0.3, -0.25) is 14.8 Å². The Labute approximate surface area is 120 Å². The molecule has 110 valence electrons. The second-order valence-corrected chi connectivity index (χ2v) is 4.34. The van der Waals surface area contributed by atoms with Gasteiger partial charge in [0.2, 0.25) is 0 Å². The minimum atomic E-state index is -1.32. The van der Waals surface area contributed by atoms with Crippen molar-refractivity contribution in [2.45, 2.75) is 13.0 Å². The van der Waals surface area contributed by atoms with Gasteiger partial charge in [0.05, 0.1) is 4.92 Å². The molecular weight excluding hydrogens is 276 g/mol. The van der Waals surface area contributed by atoms with Gasteiger partial charge in [0.1, 0.15) is 5.56 Å². The van der Waals surface area contributed by atoms with Crippen molar-refractivity contribution in [1.29, 1.82) is 0 Å². The SMILES string of the molecule is O=C(O)c1cc(NCCCn2cccn2)ccc1[N+](=O)[O-]. The van der Waals surface area contributed by atoms with Gasteiger partial charge in [-0.05, 0) is 24.6 Å². The van der Waals surface area contributed by atoms with E-state index in [9.17, 15) is 14.9 Å². The van der Waals surface area contributed by atoms with Crippen LogP contribution in [0.5, 0.6) is 0 Å². The van der Waals surface area contributed by atoms with E-state index in [0.29, 0.717) is 12.2 Å². The molecule has 0 aliphatic rings. The van der Waals surface area contributed by atoms with Crippen LogP contribution in [0.2, 0.25) is 0 Å². The number of nitrogens with one attached hydrogen (secondary N) is 1. The molecule has 0 aliphatic heterocycles. The Morgan fingerprint density at radius 1 is 1.48 bits per heavy atom. The molecule has 2 aromatic rings. The van der Waals surface area contributed by atoms with Crippen molar-refractivity contribution >= 4 is 17.3 Å². The molecule has 2 N–H and O–H groups in total. The van der Waals surface area contributed by atoms with Crippen molar-refractivity contribution in [2.75, 3.05) is 11.9 Å². The van der Waals surface area contributed by atoms with Crippen LogP contribution < -0.4 is 5.32 Å². The monoisotopic (exact) mass is 290 g/mol. The maximum Gasteiger partial charge on any atom is 0.342 e. The largest absolute Gasteiger partial charge is 0.477 e. The predicted molar refractivity (Wildman–Crippen MR) is 75.4 cm³/mol. The topological polar surface area (TPSA) is 110 Å². The standard InChI is InChI=1S/C13H14N4O4/c18-13(19)11-9-10(3-4-12(11)17(20)21)14-5-1-7-16-8-2-6-15-16/h2-4,6,8-9,14H,1,5,7H2,(H,18,19). The number of carbonyl (C=O) groups is 1. The van der Waals surface area contributed by atoms with Gasteiger partial charge in [-0.25, -0.2) is 4.79 Å². The zero-order valence-corrected chi connectivity index (χ0v) is 11.1. The maximum atomic E-state index is 11.0. The minimum absolute atomic E-state index is 0.322. The first-order valence-electron chi connectivity index (χ1n) is 6.31. The summed E-state index contributed by atoms with van der Waals surface area (Å²) in [5.41, 5.74) is -0.194. The van der Waals surface area contributed by atoms with Crippen molar-refractivity contribution < 1.29 is 14.8 Å². The first-order chi connectivity index (χ1) is 10.1. The van der Waals surface area contributed by atoms with E-state index in [1.807, 2.05) is 12.3 Å².